The monoisotopic (exact) mass is 362 g/mol. The van der Waals surface area contributed by atoms with E-state index in [4.69, 9.17) is 0 Å². The predicted molar refractivity (Wildman–Crippen MR) is 93.5 cm³/mol. The predicted octanol–water partition coefficient (Wildman–Crippen LogP) is 1.81. The van der Waals surface area contributed by atoms with E-state index in [1.807, 2.05) is 6.92 Å². The Labute approximate surface area is 145 Å². The van der Waals surface area contributed by atoms with E-state index in [2.05, 4.69) is 9.69 Å². The molecule has 0 aliphatic carbocycles. The Balaban J connectivity index is 1.96. The molecule has 0 aliphatic heterocycles. The molecule has 0 radical (unpaired) electrons. The zero-order valence-electron chi connectivity index (χ0n) is 13.4. The maximum absolute atomic E-state index is 12.9. The number of rotatable bonds is 5. The molecule has 0 aliphatic rings. The van der Waals surface area contributed by atoms with Crippen molar-refractivity contribution in [1.29, 1.82) is 0 Å². The molecule has 2 aromatic heterocycles. The molecule has 2 heterocycles. The number of hydrogen-bond donors (Lipinski definition) is 1. The summed E-state index contributed by atoms with van der Waals surface area (Å²) in [5.41, 5.74) is -0.0673. The number of hydrogen-bond acceptors (Lipinski definition) is 5. The summed E-state index contributed by atoms with van der Waals surface area (Å²) in [7, 11) is 0. The summed E-state index contributed by atoms with van der Waals surface area (Å²) in [6.07, 6.45) is 0.604. The van der Waals surface area contributed by atoms with Gasteiger partial charge in [-0.25, -0.2) is 9.18 Å². The van der Waals surface area contributed by atoms with Crippen LogP contribution in [0.15, 0.2) is 39.2 Å². The molecule has 0 unspecified atom stereocenters. The molecular formula is C16H15FN4O3S. The lowest BCUT2D eigenvalue weighted by atomic mass is 10.3. The molecule has 0 spiro atoms. The number of fused-ring (bicyclic) bond motifs is 1. The third-order valence-corrected chi connectivity index (χ3v) is 4.24. The summed E-state index contributed by atoms with van der Waals surface area (Å²) in [5.74, 6) is -0.866. The Morgan fingerprint density at radius 2 is 1.96 bits per heavy atom. The zero-order valence-corrected chi connectivity index (χ0v) is 14.2. The van der Waals surface area contributed by atoms with Gasteiger partial charge >= 0.3 is 5.69 Å². The lowest BCUT2D eigenvalue weighted by Crippen LogP contribution is -2.41. The second kappa shape index (κ2) is 6.98. The molecule has 7 nitrogen and oxygen atoms in total. The van der Waals surface area contributed by atoms with E-state index < -0.39 is 23.0 Å². The molecule has 130 valence electrons. The Kier molecular flexibility index (Phi) is 4.75. The first-order valence-electron chi connectivity index (χ1n) is 7.64. The van der Waals surface area contributed by atoms with Gasteiger partial charge in [-0.3, -0.25) is 18.7 Å². The van der Waals surface area contributed by atoms with Gasteiger partial charge in [-0.1, -0.05) is 6.92 Å². The molecule has 9 heteroatoms. The summed E-state index contributed by atoms with van der Waals surface area (Å²) in [6, 6.07) is 5.31. The molecule has 1 aromatic carbocycles. The minimum Gasteiger partial charge on any atom is -0.325 e. The van der Waals surface area contributed by atoms with Crippen LogP contribution in [0.2, 0.25) is 0 Å². The Morgan fingerprint density at radius 1 is 1.24 bits per heavy atom. The molecule has 0 bridgehead atoms. The smallest absolute Gasteiger partial charge is 0.325 e. The van der Waals surface area contributed by atoms with Gasteiger partial charge in [0.25, 0.3) is 5.56 Å². The fraction of sp³-hybridized carbons (Fsp3) is 0.250. The van der Waals surface area contributed by atoms with Gasteiger partial charge in [-0.15, -0.1) is 0 Å². The van der Waals surface area contributed by atoms with Crippen LogP contribution in [0.3, 0.4) is 0 Å². The highest BCUT2D eigenvalue weighted by Gasteiger charge is 2.17. The molecular weight excluding hydrogens is 347 g/mol. The minimum atomic E-state index is -0.547. The van der Waals surface area contributed by atoms with E-state index >= 15 is 0 Å². The lowest BCUT2D eigenvalue weighted by Gasteiger charge is -2.11. The Hall–Kier alpha value is -2.81. The number of carbonyl (C=O) groups is 1. The summed E-state index contributed by atoms with van der Waals surface area (Å²) < 4.78 is 19.3. The average molecular weight is 362 g/mol. The first-order chi connectivity index (χ1) is 12.0. The third kappa shape index (κ3) is 3.36. The summed E-state index contributed by atoms with van der Waals surface area (Å²) in [5, 5.41) is 4.17. The highest BCUT2D eigenvalue weighted by Crippen LogP contribution is 2.11. The number of nitrogens with zero attached hydrogens (tertiary/aromatic N) is 3. The van der Waals surface area contributed by atoms with E-state index in [0.717, 1.165) is 16.1 Å². The first kappa shape index (κ1) is 17.0. The second-order valence-electron chi connectivity index (χ2n) is 5.43. The van der Waals surface area contributed by atoms with E-state index in [9.17, 15) is 18.8 Å². The third-order valence-electron chi connectivity index (χ3n) is 3.63. The van der Waals surface area contributed by atoms with E-state index in [0.29, 0.717) is 17.6 Å². The lowest BCUT2D eigenvalue weighted by molar-refractivity contribution is -0.116. The van der Waals surface area contributed by atoms with Crippen molar-refractivity contribution in [2.24, 2.45) is 0 Å². The number of benzene rings is 1. The van der Waals surface area contributed by atoms with Crippen LogP contribution in [-0.2, 0) is 17.9 Å². The van der Waals surface area contributed by atoms with Gasteiger partial charge in [0, 0.05) is 17.6 Å². The van der Waals surface area contributed by atoms with Gasteiger partial charge in [-0.05, 0) is 42.2 Å². The van der Waals surface area contributed by atoms with E-state index in [1.165, 1.54) is 28.8 Å². The van der Waals surface area contributed by atoms with Crippen LogP contribution in [0.25, 0.3) is 11.0 Å². The van der Waals surface area contributed by atoms with Gasteiger partial charge in [0.2, 0.25) is 5.91 Å². The van der Waals surface area contributed by atoms with Crippen LogP contribution in [0, 0.1) is 5.82 Å². The fourth-order valence-corrected chi connectivity index (χ4v) is 3.15. The molecule has 1 N–H and O–H groups in total. The number of anilines is 1. The number of aromatic nitrogens is 3. The van der Waals surface area contributed by atoms with Crippen LogP contribution in [0.4, 0.5) is 10.1 Å². The molecule has 0 atom stereocenters. The van der Waals surface area contributed by atoms with Crippen molar-refractivity contribution in [3.05, 3.63) is 56.3 Å². The number of amides is 1. The van der Waals surface area contributed by atoms with Crippen molar-refractivity contribution >= 4 is 34.2 Å². The number of carbonyl (C=O) groups excluding carboxylic acids is 1. The van der Waals surface area contributed by atoms with Crippen molar-refractivity contribution in [3.63, 3.8) is 0 Å². The zero-order chi connectivity index (χ0) is 18.0. The molecule has 1 amide bonds. The fourth-order valence-electron chi connectivity index (χ4n) is 2.49. The highest BCUT2D eigenvalue weighted by molar-refractivity contribution is 7.04. The molecule has 25 heavy (non-hydrogen) atoms. The SMILES string of the molecule is CCCn1c(=O)c2nscc2n(CC(=O)Nc2ccc(F)cc2)c1=O. The standard InChI is InChI=1S/C16H15FN4O3S/c1-2-7-20-15(23)14-12(9-25-19-14)21(16(20)24)8-13(22)18-11-5-3-10(17)4-6-11/h3-6,9H,2,7-8H2,1H3,(H,18,22). The normalized spacial score (nSPS) is 11.0. The van der Waals surface area contributed by atoms with Crippen LogP contribution < -0.4 is 16.6 Å². The number of nitrogens with one attached hydrogen (secondary N) is 1. The Bertz CT molecular complexity index is 1040. The van der Waals surface area contributed by atoms with Crippen LogP contribution in [0.1, 0.15) is 13.3 Å². The molecule has 3 rings (SSSR count). The average Bonchev–Trinajstić information content (AvgIpc) is 3.07. The number of halogens is 1. The van der Waals surface area contributed by atoms with Crippen LogP contribution >= 0.6 is 11.5 Å². The summed E-state index contributed by atoms with van der Waals surface area (Å²) >= 11 is 1.05. The molecule has 0 fully saturated rings. The van der Waals surface area contributed by atoms with Crippen molar-refractivity contribution in [1.82, 2.24) is 13.5 Å². The highest BCUT2D eigenvalue weighted by atomic mass is 32.1. The largest absolute Gasteiger partial charge is 0.332 e. The van der Waals surface area contributed by atoms with Crippen molar-refractivity contribution < 1.29 is 9.18 Å². The van der Waals surface area contributed by atoms with Gasteiger partial charge in [0.05, 0.1) is 5.52 Å². The molecule has 0 saturated heterocycles. The van der Waals surface area contributed by atoms with Crippen LogP contribution in [0.5, 0.6) is 0 Å². The topological polar surface area (TPSA) is 86.0 Å². The summed E-state index contributed by atoms with van der Waals surface area (Å²) in [6.45, 7) is 1.84. The van der Waals surface area contributed by atoms with Crippen molar-refractivity contribution in [2.45, 2.75) is 26.4 Å². The molecule has 0 saturated carbocycles. The van der Waals surface area contributed by atoms with Gasteiger partial charge < -0.3 is 5.32 Å². The maximum Gasteiger partial charge on any atom is 0.332 e. The van der Waals surface area contributed by atoms with Gasteiger partial charge in [0.15, 0.2) is 5.52 Å². The molecule has 3 aromatic rings. The van der Waals surface area contributed by atoms with Gasteiger partial charge in [0.1, 0.15) is 12.4 Å². The Morgan fingerprint density at radius 3 is 2.64 bits per heavy atom. The van der Waals surface area contributed by atoms with E-state index in [1.54, 1.807) is 5.38 Å². The second-order valence-corrected chi connectivity index (χ2v) is 6.06. The van der Waals surface area contributed by atoms with Crippen LogP contribution in [-0.4, -0.2) is 19.4 Å². The quantitative estimate of drug-likeness (QED) is 0.750. The van der Waals surface area contributed by atoms with Crippen molar-refractivity contribution in [2.75, 3.05) is 5.32 Å². The van der Waals surface area contributed by atoms with Crippen molar-refractivity contribution in [3.8, 4) is 0 Å². The van der Waals surface area contributed by atoms with E-state index in [-0.39, 0.29) is 18.6 Å². The maximum atomic E-state index is 12.9. The summed E-state index contributed by atoms with van der Waals surface area (Å²) in [4.78, 5) is 37.2. The minimum absolute atomic E-state index is 0.174. The first-order valence-corrected chi connectivity index (χ1v) is 8.48. The van der Waals surface area contributed by atoms with Gasteiger partial charge in [-0.2, -0.15) is 4.37 Å².